The first-order chi connectivity index (χ1) is 7.39. The molecule has 0 amide bonds. The van der Waals surface area contributed by atoms with Crippen molar-refractivity contribution in [3.05, 3.63) is 0 Å². The molecule has 0 radical (unpaired) electrons. The molecule has 0 aromatic rings. The van der Waals surface area contributed by atoms with E-state index in [2.05, 4.69) is 5.32 Å². The molecule has 3 unspecified atom stereocenters. The van der Waals surface area contributed by atoms with Crippen molar-refractivity contribution < 1.29 is 27.8 Å². The lowest BCUT2D eigenvalue weighted by atomic mass is 10.2. The highest BCUT2D eigenvalue weighted by molar-refractivity contribution is 4.72. The average molecular weight is 243 g/mol. The molecule has 16 heavy (non-hydrogen) atoms. The highest BCUT2D eigenvalue weighted by Crippen LogP contribution is 2.20. The highest BCUT2D eigenvalue weighted by Gasteiger charge is 2.38. The molecule has 1 aliphatic rings. The molecule has 2 N–H and O–H groups in total. The average Bonchev–Trinajstić information content (AvgIpc) is 2.16. The van der Waals surface area contributed by atoms with Crippen LogP contribution in [-0.4, -0.2) is 55.9 Å². The normalized spacial score (nSPS) is 29.1. The summed E-state index contributed by atoms with van der Waals surface area (Å²) in [6.07, 6.45) is -7.29. The second-order valence-corrected chi connectivity index (χ2v) is 3.82. The van der Waals surface area contributed by atoms with Crippen LogP contribution >= 0.6 is 0 Å². The maximum Gasteiger partial charge on any atom is 0.416 e. The van der Waals surface area contributed by atoms with Crippen LogP contribution in [0.3, 0.4) is 0 Å². The van der Waals surface area contributed by atoms with Gasteiger partial charge in [-0.05, 0) is 6.92 Å². The van der Waals surface area contributed by atoms with E-state index in [4.69, 9.17) is 14.6 Å². The number of hydrogen-bond donors (Lipinski definition) is 2. The number of morpholine rings is 1. The largest absolute Gasteiger partial charge is 0.416 e. The number of aliphatic hydroxyl groups excluding tert-OH is 1. The topological polar surface area (TPSA) is 50.7 Å². The van der Waals surface area contributed by atoms with Crippen LogP contribution in [0.2, 0.25) is 0 Å². The minimum absolute atomic E-state index is 0.0230. The standard InChI is InChI=1S/C9H16F3NO3/c1-6-2-13-3-7(16-6)4-15-5-8(14)9(10,11)12/h6-8,13-14H,2-5H2,1H3. The van der Waals surface area contributed by atoms with E-state index < -0.39 is 18.9 Å². The molecule has 0 aromatic carbocycles. The Morgan fingerprint density at radius 2 is 2.19 bits per heavy atom. The molecule has 0 spiro atoms. The Balaban J connectivity index is 2.15. The highest BCUT2D eigenvalue weighted by atomic mass is 19.4. The van der Waals surface area contributed by atoms with Crippen LogP contribution in [0.15, 0.2) is 0 Å². The van der Waals surface area contributed by atoms with Crippen molar-refractivity contribution in [2.75, 3.05) is 26.3 Å². The molecule has 0 bridgehead atoms. The van der Waals surface area contributed by atoms with E-state index in [0.29, 0.717) is 6.54 Å². The first kappa shape index (κ1) is 13.7. The second kappa shape index (κ2) is 5.81. The van der Waals surface area contributed by atoms with Crippen molar-refractivity contribution in [2.45, 2.75) is 31.4 Å². The zero-order valence-corrected chi connectivity index (χ0v) is 8.96. The summed E-state index contributed by atoms with van der Waals surface area (Å²) in [6.45, 7) is 2.43. The number of aliphatic hydroxyl groups is 1. The van der Waals surface area contributed by atoms with Gasteiger partial charge in [0.2, 0.25) is 0 Å². The summed E-state index contributed by atoms with van der Waals surface area (Å²) in [5.41, 5.74) is 0. The van der Waals surface area contributed by atoms with Crippen LogP contribution in [0.4, 0.5) is 13.2 Å². The van der Waals surface area contributed by atoms with Gasteiger partial charge >= 0.3 is 6.18 Å². The molecule has 1 fully saturated rings. The molecule has 7 heteroatoms. The van der Waals surface area contributed by atoms with Crippen molar-refractivity contribution in [1.29, 1.82) is 0 Å². The van der Waals surface area contributed by atoms with E-state index in [9.17, 15) is 13.2 Å². The van der Waals surface area contributed by atoms with Gasteiger partial charge in [0.25, 0.3) is 0 Å². The molecular formula is C9H16F3NO3. The molecule has 0 aromatic heterocycles. The Bertz CT molecular complexity index is 213. The number of ether oxygens (including phenoxy) is 2. The lowest BCUT2D eigenvalue weighted by Gasteiger charge is -2.28. The predicted molar refractivity (Wildman–Crippen MR) is 50.1 cm³/mol. The van der Waals surface area contributed by atoms with Crippen molar-refractivity contribution in [2.24, 2.45) is 0 Å². The molecule has 0 aliphatic carbocycles. The number of halogens is 3. The lowest BCUT2D eigenvalue weighted by Crippen LogP contribution is -2.46. The van der Waals surface area contributed by atoms with E-state index in [0.717, 1.165) is 6.54 Å². The van der Waals surface area contributed by atoms with Crippen molar-refractivity contribution in [3.63, 3.8) is 0 Å². The van der Waals surface area contributed by atoms with E-state index in [1.807, 2.05) is 6.92 Å². The summed E-state index contributed by atoms with van der Waals surface area (Å²) >= 11 is 0. The van der Waals surface area contributed by atoms with Gasteiger partial charge < -0.3 is 19.9 Å². The summed E-state index contributed by atoms with van der Waals surface area (Å²) < 4.78 is 45.9. The molecule has 3 atom stereocenters. The zero-order valence-electron chi connectivity index (χ0n) is 8.96. The van der Waals surface area contributed by atoms with Gasteiger partial charge in [-0.25, -0.2) is 0 Å². The molecule has 1 aliphatic heterocycles. The van der Waals surface area contributed by atoms with Crippen molar-refractivity contribution >= 4 is 0 Å². The predicted octanol–water partition coefficient (Wildman–Crippen LogP) is 0.303. The Hall–Kier alpha value is -0.370. The van der Waals surface area contributed by atoms with Gasteiger partial charge in [-0.1, -0.05) is 0 Å². The second-order valence-electron chi connectivity index (χ2n) is 3.82. The van der Waals surface area contributed by atoms with Gasteiger partial charge in [-0.3, -0.25) is 0 Å². The minimum Gasteiger partial charge on any atom is -0.382 e. The third-order valence-corrected chi connectivity index (χ3v) is 2.19. The molecule has 0 saturated carbocycles. The lowest BCUT2D eigenvalue weighted by molar-refractivity contribution is -0.220. The quantitative estimate of drug-likeness (QED) is 0.746. The Labute approximate surface area is 91.7 Å². The summed E-state index contributed by atoms with van der Waals surface area (Å²) in [4.78, 5) is 0. The van der Waals surface area contributed by atoms with Crippen LogP contribution in [0.1, 0.15) is 6.92 Å². The SMILES string of the molecule is CC1CNCC(COCC(O)C(F)(F)F)O1. The summed E-state index contributed by atoms with van der Waals surface area (Å²) in [6, 6.07) is 0. The van der Waals surface area contributed by atoms with Crippen molar-refractivity contribution in [1.82, 2.24) is 5.32 Å². The number of nitrogens with one attached hydrogen (secondary N) is 1. The maximum absolute atomic E-state index is 11.9. The fourth-order valence-corrected chi connectivity index (χ4v) is 1.38. The fourth-order valence-electron chi connectivity index (χ4n) is 1.38. The van der Waals surface area contributed by atoms with Crippen LogP contribution < -0.4 is 5.32 Å². The van der Waals surface area contributed by atoms with Crippen LogP contribution in [0, 0.1) is 0 Å². The van der Waals surface area contributed by atoms with E-state index >= 15 is 0 Å². The third-order valence-electron chi connectivity index (χ3n) is 2.19. The van der Waals surface area contributed by atoms with Gasteiger partial charge in [0.05, 0.1) is 25.4 Å². The first-order valence-corrected chi connectivity index (χ1v) is 5.08. The number of alkyl halides is 3. The van der Waals surface area contributed by atoms with Crippen molar-refractivity contribution in [3.8, 4) is 0 Å². The molecule has 1 heterocycles. The summed E-state index contributed by atoms with van der Waals surface area (Å²) in [5.74, 6) is 0. The van der Waals surface area contributed by atoms with E-state index in [1.165, 1.54) is 0 Å². The Morgan fingerprint density at radius 1 is 1.50 bits per heavy atom. The first-order valence-electron chi connectivity index (χ1n) is 5.08. The number of hydrogen-bond acceptors (Lipinski definition) is 4. The van der Waals surface area contributed by atoms with E-state index in [1.54, 1.807) is 0 Å². The van der Waals surface area contributed by atoms with E-state index in [-0.39, 0.29) is 18.8 Å². The summed E-state index contributed by atoms with van der Waals surface area (Å²) in [5, 5.41) is 11.7. The Kier molecular flexibility index (Phi) is 4.97. The van der Waals surface area contributed by atoms with Gasteiger partial charge in [-0.15, -0.1) is 0 Å². The van der Waals surface area contributed by atoms with Gasteiger partial charge in [0.15, 0.2) is 6.10 Å². The minimum atomic E-state index is -4.63. The third kappa shape index (κ3) is 4.65. The molecule has 4 nitrogen and oxygen atoms in total. The van der Waals surface area contributed by atoms with Crippen LogP contribution in [0.5, 0.6) is 0 Å². The molecule has 96 valence electrons. The maximum atomic E-state index is 11.9. The summed E-state index contributed by atoms with van der Waals surface area (Å²) in [7, 11) is 0. The molecule has 1 saturated heterocycles. The van der Waals surface area contributed by atoms with Crippen LogP contribution in [-0.2, 0) is 9.47 Å². The molecule has 1 rings (SSSR count). The molecular weight excluding hydrogens is 227 g/mol. The Morgan fingerprint density at radius 3 is 2.75 bits per heavy atom. The monoisotopic (exact) mass is 243 g/mol. The van der Waals surface area contributed by atoms with Crippen LogP contribution in [0.25, 0.3) is 0 Å². The fraction of sp³-hybridized carbons (Fsp3) is 1.00. The van der Waals surface area contributed by atoms with Gasteiger partial charge in [0.1, 0.15) is 0 Å². The smallest absolute Gasteiger partial charge is 0.382 e. The van der Waals surface area contributed by atoms with Gasteiger partial charge in [-0.2, -0.15) is 13.2 Å². The van der Waals surface area contributed by atoms with Gasteiger partial charge in [0, 0.05) is 13.1 Å². The zero-order chi connectivity index (χ0) is 12.2. The number of rotatable bonds is 4.